The third-order valence-corrected chi connectivity index (χ3v) is 13.3. The molecule has 1 spiro atoms. The maximum absolute atomic E-state index is 13.8. The molecule has 2 heterocycles. The summed E-state index contributed by atoms with van der Waals surface area (Å²) in [4.78, 5) is 54.6. The largest absolute Gasteiger partial charge is 0.462 e. The van der Waals surface area contributed by atoms with Crippen molar-refractivity contribution in [3.8, 4) is 0 Å². The Labute approximate surface area is 278 Å². The first-order valence-electron chi connectivity index (χ1n) is 16.9. The lowest BCUT2D eigenvalue weighted by molar-refractivity contribution is -0.325. The molecule has 2 saturated heterocycles. The molecule has 2 N–H and O–H groups in total. The third kappa shape index (κ3) is 3.64. The zero-order valence-electron chi connectivity index (χ0n) is 27.7. The number of hydrogen-bond acceptors (Lipinski definition) is 13. The van der Waals surface area contributed by atoms with Gasteiger partial charge in [-0.2, -0.15) is 0 Å². The van der Waals surface area contributed by atoms with Gasteiger partial charge in [0.15, 0.2) is 11.7 Å². The topological polar surface area (TPSA) is 167 Å². The normalized spacial score (nSPS) is 48.9. The molecule has 0 radical (unpaired) electrons. The summed E-state index contributed by atoms with van der Waals surface area (Å²) in [5.74, 6) is -5.04. The zero-order valence-corrected chi connectivity index (χ0v) is 27.7. The molecule has 0 amide bonds. The molecule has 5 aliphatic carbocycles. The van der Waals surface area contributed by atoms with Crippen molar-refractivity contribution in [2.24, 2.45) is 34.5 Å². The Hall–Kier alpha value is -3.10. The minimum atomic E-state index is -2.04. The van der Waals surface area contributed by atoms with Gasteiger partial charge in [0.1, 0.15) is 23.9 Å². The smallest absolute Gasteiger partial charge is 0.338 e. The van der Waals surface area contributed by atoms with Crippen LogP contribution >= 0.6 is 0 Å². The van der Waals surface area contributed by atoms with E-state index in [0.29, 0.717) is 19.5 Å². The first-order valence-corrected chi connectivity index (χ1v) is 16.9. The second-order valence-electron chi connectivity index (χ2n) is 15.0. The molecule has 13 heteroatoms. The molecule has 13 nitrogen and oxygen atoms in total. The Morgan fingerprint density at radius 1 is 0.958 bits per heavy atom. The molecular weight excluding hydrogens is 626 g/mol. The van der Waals surface area contributed by atoms with Crippen LogP contribution in [0.3, 0.4) is 0 Å². The summed E-state index contributed by atoms with van der Waals surface area (Å²) >= 11 is 0. The second-order valence-corrected chi connectivity index (χ2v) is 15.0. The minimum Gasteiger partial charge on any atom is -0.462 e. The van der Waals surface area contributed by atoms with Gasteiger partial charge in [0.05, 0.1) is 24.4 Å². The fraction of sp³-hybridized carbons (Fsp3) is 0.714. The van der Waals surface area contributed by atoms with Crippen molar-refractivity contribution < 1.29 is 57.8 Å². The lowest BCUT2D eigenvalue weighted by Crippen LogP contribution is -2.82. The van der Waals surface area contributed by atoms with Crippen molar-refractivity contribution in [2.45, 2.75) is 94.4 Å². The third-order valence-electron chi connectivity index (χ3n) is 13.3. The molecule has 0 aromatic heterocycles. The van der Waals surface area contributed by atoms with Crippen LogP contribution < -0.4 is 0 Å². The highest BCUT2D eigenvalue weighted by molar-refractivity contribution is 5.89. The number of hydrogen-bond donors (Lipinski definition) is 2. The van der Waals surface area contributed by atoms with Gasteiger partial charge in [0, 0.05) is 75.5 Å². The zero-order chi connectivity index (χ0) is 34.1. The molecule has 1 unspecified atom stereocenters. The van der Waals surface area contributed by atoms with Crippen LogP contribution in [0.5, 0.6) is 0 Å². The number of methoxy groups -OCH3 is 1. The summed E-state index contributed by atoms with van der Waals surface area (Å²) in [5, 5.41) is 25.4. The van der Waals surface area contributed by atoms with Crippen molar-refractivity contribution >= 4 is 23.9 Å². The molecular formula is C35H43NO12. The molecule has 48 heavy (non-hydrogen) atoms. The van der Waals surface area contributed by atoms with Crippen molar-refractivity contribution in [2.75, 3.05) is 26.8 Å². The predicted octanol–water partition coefficient (Wildman–Crippen LogP) is 0.873. The SMILES string of the molecule is CCN1C[C@]23CO[C@H]4[C@H]5C1[C@]([C@@H](OC)C[C@H]2OC(C)=O)([C@@H]1C[C@@]2(O)[C@H](OC(=O)c6ccccc6)[C@@H]1[C@]5(OC(C)=O)[C@@H](O)[C@@H]2OC(C)=O)[C@H]43. The number of carbonyl (C=O) groups is 4. The monoisotopic (exact) mass is 669 g/mol. The first-order chi connectivity index (χ1) is 22.8. The molecule has 260 valence electrons. The van der Waals surface area contributed by atoms with Gasteiger partial charge in [0.2, 0.25) is 0 Å². The molecule has 15 atom stereocenters. The van der Waals surface area contributed by atoms with Crippen molar-refractivity contribution in [1.29, 1.82) is 0 Å². The minimum absolute atomic E-state index is 0.0411. The van der Waals surface area contributed by atoms with E-state index in [1.165, 1.54) is 20.8 Å². The number of likely N-dealkylation sites (tertiary alicyclic amines) is 1. The number of esters is 4. The predicted molar refractivity (Wildman–Crippen MR) is 162 cm³/mol. The molecule has 2 aliphatic heterocycles. The summed E-state index contributed by atoms with van der Waals surface area (Å²) < 4.78 is 37.7. The summed E-state index contributed by atoms with van der Waals surface area (Å²) in [5.41, 5.74) is -5.03. The molecule has 1 aromatic rings. The molecule has 8 rings (SSSR count). The van der Waals surface area contributed by atoms with E-state index in [4.69, 9.17) is 28.4 Å². The van der Waals surface area contributed by atoms with Gasteiger partial charge in [-0.15, -0.1) is 0 Å². The van der Waals surface area contributed by atoms with Gasteiger partial charge < -0.3 is 38.6 Å². The van der Waals surface area contributed by atoms with Crippen molar-refractivity contribution in [3.63, 3.8) is 0 Å². The van der Waals surface area contributed by atoms with Crippen LogP contribution in [0.4, 0.5) is 0 Å². The number of benzene rings is 1. The maximum Gasteiger partial charge on any atom is 0.338 e. The van der Waals surface area contributed by atoms with Crippen LogP contribution in [-0.2, 0) is 42.8 Å². The Bertz CT molecular complexity index is 1550. The van der Waals surface area contributed by atoms with Crippen LogP contribution in [0.1, 0.15) is 50.9 Å². The Kier molecular flexibility index (Phi) is 7.00. The summed E-state index contributed by atoms with van der Waals surface area (Å²) in [6, 6.07) is 7.97. The highest BCUT2D eigenvalue weighted by Crippen LogP contribution is 2.82. The number of piperidine rings is 1. The van der Waals surface area contributed by atoms with Crippen LogP contribution in [0, 0.1) is 34.5 Å². The average molecular weight is 670 g/mol. The van der Waals surface area contributed by atoms with Gasteiger partial charge in [-0.1, -0.05) is 25.1 Å². The van der Waals surface area contributed by atoms with Crippen LogP contribution in [0.15, 0.2) is 30.3 Å². The molecule has 7 bridgehead atoms. The number of ether oxygens (including phenoxy) is 6. The maximum atomic E-state index is 13.8. The average Bonchev–Trinajstić information content (AvgIpc) is 3.62. The van der Waals surface area contributed by atoms with Gasteiger partial charge in [-0.05, 0) is 31.0 Å². The second kappa shape index (κ2) is 10.5. The number of carbonyl (C=O) groups excluding carboxylic acids is 4. The van der Waals surface area contributed by atoms with Crippen molar-refractivity contribution in [3.05, 3.63) is 35.9 Å². The molecule has 7 aliphatic rings. The number of aliphatic hydroxyl groups is 2. The highest BCUT2D eigenvalue weighted by atomic mass is 16.6. The lowest BCUT2D eigenvalue weighted by atomic mass is 9.42. The van der Waals surface area contributed by atoms with E-state index in [2.05, 4.69) is 4.90 Å². The van der Waals surface area contributed by atoms with E-state index in [1.807, 2.05) is 6.92 Å². The van der Waals surface area contributed by atoms with Gasteiger partial charge in [-0.25, -0.2) is 4.79 Å². The number of fused-ring (bicyclic) bond motifs is 3. The highest BCUT2D eigenvalue weighted by Gasteiger charge is 2.94. The van der Waals surface area contributed by atoms with Crippen LogP contribution in [0.2, 0.25) is 0 Å². The summed E-state index contributed by atoms with van der Waals surface area (Å²) in [6.45, 7) is 7.25. The molecule has 7 fully saturated rings. The van der Waals surface area contributed by atoms with Crippen LogP contribution in [0.25, 0.3) is 0 Å². The van der Waals surface area contributed by atoms with E-state index in [9.17, 15) is 29.4 Å². The Morgan fingerprint density at radius 3 is 2.29 bits per heavy atom. The van der Waals surface area contributed by atoms with E-state index in [1.54, 1.807) is 37.4 Å². The van der Waals surface area contributed by atoms with E-state index < -0.39 is 100 Å². The molecule has 1 aromatic carbocycles. The van der Waals surface area contributed by atoms with Gasteiger partial charge in [-0.3, -0.25) is 19.3 Å². The van der Waals surface area contributed by atoms with Gasteiger partial charge in [0.25, 0.3) is 0 Å². The first kappa shape index (κ1) is 32.1. The van der Waals surface area contributed by atoms with E-state index in [0.717, 1.165) is 0 Å². The fourth-order valence-electron chi connectivity index (χ4n) is 12.6. The van der Waals surface area contributed by atoms with Gasteiger partial charge >= 0.3 is 23.9 Å². The van der Waals surface area contributed by atoms with E-state index >= 15 is 0 Å². The summed E-state index contributed by atoms with van der Waals surface area (Å²) in [6.07, 6.45) is -5.93. The number of nitrogens with zero attached hydrogens (tertiary/aromatic N) is 1. The molecule has 5 saturated carbocycles. The summed E-state index contributed by atoms with van der Waals surface area (Å²) in [7, 11) is 1.62. The van der Waals surface area contributed by atoms with Crippen LogP contribution in [-0.4, -0.2) is 120 Å². The van der Waals surface area contributed by atoms with Crippen molar-refractivity contribution in [1.82, 2.24) is 4.90 Å². The Morgan fingerprint density at radius 2 is 1.67 bits per heavy atom. The lowest BCUT2D eigenvalue weighted by Gasteiger charge is -2.70. The fourth-order valence-corrected chi connectivity index (χ4v) is 12.6. The Balaban J connectivity index is 1.39. The van der Waals surface area contributed by atoms with E-state index in [-0.39, 0.29) is 30.6 Å². The number of rotatable bonds is 7. The standard InChI is InChI=1S/C35H43NO12/c1-6-36-14-32-15-44-25-24-27(36)34(26(25)32,22(43-5)12-21(32)45-16(2)37)20-13-33(42)29(47-31(41)19-10-8-7-9-11-19)23(20)35(24,48-18(4)39)28(40)30(33)46-17(3)38/h7-11,20-30,40,42H,6,12-15H2,1-5H3/t20-,21-,22+,23-,24+,25+,26-,27?,28+,29-,30+,32+,33-,34+,35-/m1/s1. The quantitative estimate of drug-likeness (QED) is 0.311. The number of aliphatic hydroxyl groups excluding tert-OH is 1.